The van der Waals surface area contributed by atoms with Crippen LogP contribution >= 0.6 is 0 Å². The normalized spacial score (nSPS) is 10.2. The van der Waals surface area contributed by atoms with Crippen LogP contribution in [0.5, 0.6) is 11.5 Å². The van der Waals surface area contributed by atoms with Gasteiger partial charge >= 0.3 is 5.97 Å². The fourth-order valence-electron chi connectivity index (χ4n) is 2.29. The summed E-state index contributed by atoms with van der Waals surface area (Å²) in [4.78, 5) is 11.0. The van der Waals surface area contributed by atoms with Crippen molar-refractivity contribution >= 4 is 5.97 Å². The second kappa shape index (κ2) is 10.1. The van der Waals surface area contributed by atoms with Crippen LogP contribution in [0.4, 0.5) is 0 Å². The molecule has 21 heavy (non-hydrogen) atoms. The Labute approximate surface area is 127 Å². The van der Waals surface area contributed by atoms with Gasteiger partial charge in [0.1, 0.15) is 11.5 Å². The first-order chi connectivity index (χ1) is 10.2. The third kappa shape index (κ3) is 6.52. The highest BCUT2D eigenvalue weighted by Gasteiger charge is 2.05. The largest absolute Gasteiger partial charge is 0.497 e. The maximum Gasteiger partial charge on any atom is 0.305 e. The van der Waals surface area contributed by atoms with E-state index in [2.05, 4.69) is 4.74 Å². The molecular weight excluding hydrogens is 268 g/mol. The summed E-state index contributed by atoms with van der Waals surface area (Å²) in [5, 5.41) is 0. The number of benzene rings is 1. The summed E-state index contributed by atoms with van der Waals surface area (Å²) in [6.45, 7) is 0. The van der Waals surface area contributed by atoms with Crippen LogP contribution in [-0.4, -0.2) is 27.3 Å². The SMILES string of the molecule is COC(=O)CCCCCCCc1cc(OC)ccc1OC. The minimum Gasteiger partial charge on any atom is -0.497 e. The minimum atomic E-state index is -0.115. The molecule has 0 N–H and O–H groups in total. The molecule has 0 amide bonds. The summed E-state index contributed by atoms with van der Waals surface area (Å²) in [6, 6.07) is 5.90. The van der Waals surface area contributed by atoms with Crippen LogP contribution < -0.4 is 9.47 Å². The predicted molar refractivity (Wildman–Crippen MR) is 83.0 cm³/mol. The molecule has 0 heterocycles. The van der Waals surface area contributed by atoms with E-state index >= 15 is 0 Å². The zero-order chi connectivity index (χ0) is 15.5. The van der Waals surface area contributed by atoms with Gasteiger partial charge in [0, 0.05) is 6.42 Å². The second-order valence-corrected chi connectivity index (χ2v) is 5.02. The fourth-order valence-corrected chi connectivity index (χ4v) is 2.29. The highest BCUT2D eigenvalue weighted by Crippen LogP contribution is 2.25. The van der Waals surface area contributed by atoms with Crippen molar-refractivity contribution in [2.45, 2.75) is 44.9 Å². The van der Waals surface area contributed by atoms with Crippen LogP contribution in [0.25, 0.3) is 0 Å². The molecule has 118 valence electrons. The van der Waals surface area contributed by atoms with Crippen molar-refractivity contribution in [1.29, 1.82) is 0 Å². The van der Waals surface area contributed by atoms with E-state index in [4.69, 9.17) is 9.47 Å². The molecule has 0 atom stereocenters. The summed E-state index contributed by atoms with van der Waals surface area (Å²) in [6.07, 6.45) is 6.91. The molecule has 0 radical (unpaired) electrons. The van der Waals surface area contributed by atoms with Gasteiger partial charge in [-0.1, -0.05) is 19.3 Å². The van der Waals surface area contributed by atoms with Gasteiger partial charge in [-0.05, 0) is 43.0 Å². The van der Waals surface area contributed by atoms with E-state index < -0.39 is 0 Å². The van der Waals surface area contributed by atoms with Crippen molar-refractivity contribution in [3.8, 4) is 11.5 Å². The van der Waals surface area contributed by atoms with Gasteiger partial charge in [-0.15, -0.1) is 0 Å². The minimum absolute atomic E-state index is 0.115. The Kier molecular flexibility index (Phi) is 8.32. The van der Waals surface area contributed by atoms with Gasteiger partial charge in [-0.3, -0.25) is 4.79 Å². The van der Waals surface area contributed by atoms with Crippen LogP contribution in [0.15, 0.2) is 18.2 Å². The van der Waals surface area contributed by atoms with E-state index in [1.54, 1.807) is 14.2 Å². The van der Waals surface area contributed by atoms with E-state index in [1.165, 1.54) is 12.7 Å². The van der Waals surface area contributed by atoms with Crippen molar-refractivity contribution < 1.29 is 19.0 Å². The molecule has 0 saturated heterocycles. The van der Waals surface area contributed by atoms with Gasteiger partial charge in [0.2, 0.25) is 0 Å². The number of hydrogen-bond acceptors (Lipinski definition) is 4. The van der Waals surface area contributed by atoms with Gasteiger partial charge in [0.05, 0.1) is 21.3 Å². The highest BCUT2D eigenvalue weighted by molar-refractivity contribution is 5.68. The van der Waals surface area contributed by atoms with E-state index in [1.807, 2.05) is 18.2 Å². The number of carbonyl (C=O) groups excluding carboxylic acids is 1. The second-order valence-electron chi connectivity index (χ2n) is 5.02. The van der Waals surface area contributed by atoms with Crippen LogP contribution in [0, 0.1) is 0 Å². The molecule has 0 aliphatic heterocycles. The molecule has 0 fully saturated rings. The third-order valence-electron chi connectivity index (χ3n) is 3.54. The molecule has 1 rings (SSSR count). The van der Waals surface area contributed by atoms with Crippen molar-refractivity contribution in [2.24, 2.45) is 0 Å². The smallest absolute Gasteiger partial charge is 0.305 e. The van der Waals surface area contributed by atoms with Gasteiger partial charge in [0.25, 0.3) is 0 Å². The maximum absolute atomic E-state index is 11.0. The van der Waals surface area contributed by atoms with Crippen LogP contribution in [0.1, 0.15) is 44.1 Å². The number of ether oxygens (including phenoxy) is 3. The molecule has 0 saturated carbocycles. The first-order valence-electron chi connectivity index (χ1n) is 7.49. The lowest BCUT2D eigenvalue weighted by molar-refractivity contribution is -0.140. The third-order valence-corrected chi connectivity index (χ3v) is 3.54. The topological polar surface area (TPSA) is 44.8 Å². The first-order valence-corrected chi connectivity index (χ1v) is 7.49. The lowest BCUT2D eigenvalue weighted by Crippen LogP contribution is -1.99. The molecule has 0 aliphatic rings. The maximum atomic E-state index is 11.0. The monoisotopic (exact) mass is 294 g/mol. The standard InChI is InChI=1S/C17H26O4/c1-19-15-11-12-16(20-2)14(13-15)9-7-5-4-6-8-10-17(18)21-3/h11-13H,4-10H2,1-3H3. The average molecular weight is 294 g/mol. The van der Waals surface area contributed by atoms with E-state index in [9.17, 15) is 4.79 Å². The summed E-state index contributed by atoms with van der Waals surface area (Å²) in [5.74, 6) is 1.67. The summed E-state index contributed by atoms with van der Waals surface area (Å²) in [7, 11) is 4.80. The molecule has 4 heteroatoms. The lowest BCUT2D eigenvalue weighted by Gasteiger charge is -2.10. The van der Waals surface area contributed by atoms with Gasteiger partial charge < -0.3 is 14.2 Å². The molecule has 0 aromatic heterocycles. The van der Waals surface area contributed by atoms with Crippen molar-refractivity contribution in [1.82, 2.24) is 0 Å². The number of unbranched alkanes of at least 4 members (excludes halogenated alkanes) is 4. The van der Waals surface area contributed by atoms with Crippen LogP contribution in [-0.2, 0) is 16.0 Å². The van der Waals surface area contributed by atoms with Crippen molar-refractivity contribution in [3.63, 3.8) is 0 Å². The van der Waals surface area contributed by atoms with Gasteiger partial charge in [-0.25, -0.2) is 0 Å². The van der Waals surface area contributed by atoms with E-state index in [0.29, 0.717) is 6.42 Å². The first kappa shape index (κ1) is 17.3. The Morgan fingerprint density at radius 3 is 2.33 bits per heavy atom. The fraction of sp³-hybridized carbons (Fsp3) is 0.588. The Hall–Kier alpha value is -1.71. The van der Waals surface area contributed by atoms with Gasteiger partial charge in [-0.2, -0.15) is 0 Å². The van der Waals surface area contributed by atoms with Gasteiger partial charge in [0.15, 0.2) is 0 Å². The van der Waals surface area contributed by atoms with Crippen molar-refractivity contribution in [2.75, 3.05) is 21.3 Å². The number of carbonyl (C=O) groups is 1. The van der Waals surface area contributed by atoms with E-state index in [-0.39, 0.29) is 5.97 Å². The zero-order valence-electron chi connectivity index (χ0n) is 13.3. The molecule has 1 aromatic rings. The van der Waals surface area contributed by atoms with E-state index in [0.717, 1.165) is 50.0 Å². The van der Waals surface area contributed by atoms with Crippen LogP contribution in [0.3, 0.4) is 0 Å². The number of rotatable bonds is 10. The number of esters is 1. The zero-order valence-corrected chi connectivity index (χ0v) is 13.3. The Balaban J connectivity index is 2.24. The number of hydrogen-bond donors (Lipinski definition) is 0. The Bertz CT molecular complexity index is 429. The molecule has 0 bridgehead atoms. The van der Waals surface area contributed by atoms with Crippen LogP contribution in [0.2, 0.25) is 0 Å². The summed E-state index contributed by atoms with van der Waals surface area (Å²) in [5.41, 5.74) is 1.19. The Morgan fingerprint density at radius 2 is 1.67 bits per heavy atom. The molecular formula is C17H26O4. The number of methoxy groups -OCH3 is 3. The molecule has 0 unspecified atom stereocenters. The predicted octanol–water partition coefficient (Wildman–Crippen LogP) is 3.76. The molecule has 1 aromatic carbocycles. The molecule has 0 spiro atoms. The highest BCUT2D eigenvalue weighted by atomic mass is 16.5. The average Bonchev–Trinajstić information content (AvgIpc) is 2.53. The Morgan fingerprint density at radius 1 is 0.952 bits per heavy atom. The lowest BCUT2D eigenvalue weighted by atomic mass is 10.0. The summed E-state index contributed by atoms with van der Waals surface area (Å²) >= 11 is 0. The quantitative estimate of drug-likeness (QED) is 0.487. The van der Waals surface area contributed by atoms with Crippen molar-refractivity contribution in [3.05, 3.63) is 23.8 Å². The summed E-state index contributed by atoms with van der Waals surface area (Å²) < 4.78 is 15.2. The molecule has 4 nitrogen and oxygen atoms in total. The number of aryl methyl sites for hydroxylation is 1. The molecule has 0 aliphatic carbocycles.